The Balaban J connectivity index is 1.31. The van der Waals surface area contributed by atoms with Crippen molar-refractivity contribution in [1.82, 2.24) is 0 Å². The van der Waals surface area contributed by atoms with Crippen LogP contribution in [-0.2, 0) is 0 Å². The summed E-state index contributed by atoms with van der Waals surface area (Å²) in [4.78, 5) is 0. The van der Waals surface area contributed by atoms with Gasteiger partial charge in [-0.2, -0.15) is 0 Å². The third kappa shape index (κ3) is 3.82. The highest BCUT2D eigenvalue weighted by Crippen LogP contribution is 2.62. The van der Waals surface area contributed by atoms with Crippen molar-refractivity contribution in [2.75, 3.05) is 0 Å². The Labute approximate surface area is 192 Å². The Morgan fingerprint density at radius 2 is 1.57 bits per heavy atom. The maximum atomic E-state index is 2.82. The van der Waals surface area contributed by atoms with Gasteiger partial charge in [-0.15, -0.1) is 11.8 Å². The van der Waals surface area contributed by atoms with Crippen LogP contribution in [-0.4, -0.2) is 13.3 Å². The Morgan fingerprint density at radius 1 is 0.833 bits per heavy atom. The predicted molar refractivity (Wildman–Crippen MR) is 137 cm³/mol. The van der Waals surface area contributed by atoms with Gasteiger partial charge in [-0.25, -0.2) is 0 Å². The lowest BCUT2D eigenvalue weighted by molar-refractivity contribution is 0.230. The molecule has 5 aliphatic rings. The molecule has 1 aliphatic heterocycles. The fourth-order valence-corrected chi connectivity index (χ4v) is 17.5. The van der Waals surface area contributed by atoms with Crippen molar-refractivity contribution in [1.29, 1.82) is 0 Å². The molecule has 4 aliphatic carbocycles. The summed E-state index contributed by atoms with van der Waals surface area (Å²) >= 11 is 2.31. The van der Waals surface area contributed by atoms with Crippen LogP contribution < -0.4 is 0 Å². The van der Waals surface area contributed by atoms with E-state index >= 15 is 0 Å². The van der Waals surface area contributed by atoms with E-state index in [1.807, 2.05) is 5.57 Å². The van der Waals surface area contributed by atoms with Crippen molar-refractivity contribution in [2.24, 2.45) is 47.3 Å². The zero-order chi connectivity index (χ0) is 21.0. The van der Waals surface area contributed by atoms with Gasteiger partial charge in [0.05, 0.1) is 8.07 Å². The first-order chi connectivity index (χ1) is 14.4. The maximum Gasteiger partial charge on any atom is 0.0522 e. The molecule has 0 aromatic carbocycles. The van der Waals surface area contributed by atoms with Gasteiger partial charge in [0.25, 0.3) is 0 Å². The summed E-state index contributed by atoms with van der Waals surface area (Å²) in [6.07, 6.45) is 15.2. The molecule has 0 amide bonds. The van der Waals surface area contributed by atoms with Gasteiger partial charge in [0.1, 0.15) is 0 Å². The Hall–Kier alpha value is 0.307. The van der Waals surface area contributed by atoms with Crippen molar-refractivity contribution < 1.29 is 0 Å². The molecule has 0 aromatic heterocycles. The van der Waals surface area contributed by atoms with Gasteiger partial charge in [-0.05, 0) is 84.0 Å². The standard InChI is InChI=1S/C28H48SSi/c1-18-10-6-8-12-22(18)25-16-29-27-24(25)15-20(3)28(27)30(4,5)17-26-19(2)14-21-11-7-9-13-23(21)26/h16,18-24,26-28H,6-15,17H2,1-5H3. The second-order valence-electron chi connectivity index (χ2n) is 13.2. The van der Waals surface area contributed by atoms with Gasteiger partial charge in [0.2, 0.25) is 0 Å². The molecule has 170 valence electrons. The van der Waals surface area contributed by atoms with Crippen LogP contribution in [0.4, 0.5) is 0 Å². The minimum Gasteiger partial charge on any atom is -0.130 e. The van der Waals surface area contributed by atoms with Crippen LogP contribution in [0, 0.1) is 47.3 Å². The second kappa shape index (κ2) is 8.58. The largest absolute Gasteiger partial charge is 0.130 e. The number of thioether (sulfide) groups is 1. The molecule has 10 unspecified atom stereocenters. The van der Waals surface area contributed by atoms with E-state index in [-0.39, 0.29) is 0 Å². The van der Waals surface area contributed by atoms with E-state index in [2.05, 4.69) is 51.0 Å². The highest BCUT2D eigenvalue weighted by atomic mass is 32.2. The van der Waals surface area contributed by atoms with E-state index in [0.29, 0.717) is 0 Å². The van der Waals surface area contributed by atoms with Gasteiger partial charge < -0.3 is 0 Å². The lowest BCUT2D eigenvalue weighted by Crippen LogP contribution is -2.42. The summed E-state index contributed by atoms with van der Waals surface area (Å²) in [6, 6.07) is 1.64. The van der Waals surface area contributed by atoms with E-state index in [1.54, 1.807) is 25.3 Å². The molecule has 4 saturated carbocycles. The number of hydrogen-bond acceptors (Lipinski definition) is 1. The van der Waals surface area contributed by atoms with Crippen LogP contribution in [0.25, 0.3) is 0 Å². The zero-order valence-electron chi connectivity index (χ0n) is 20.5. The van der Waals surface area contributed by atoms with Crippen molar-refractivity contribution in [3.63, 3.8) is 0 Å². The van der Waals surface area contributed by atoms with E-state index < -0.39 is 8.07 Å². The average Bonchev–Trinajstić information content (AvgIpc) is 3.34. The molecule has 0 N–H and O–H groups in total. The van der Waals surface area contributed by atoms with Crippen LogP contribution in [0.15, 0.2) is 11.0 Å². The van der Waals surface area contributed by atoms with Gasteiger partial charge in [-0.3, -0.25) is 0 Å². The third-order valence-electron chi connectivity index (χ3n) is 10.9. The molecule has 0 saturated heterocycles. The quantitative estimate of drug-likeness (QED) is 0.390. The smallest absolute Gasteiger partial charge is 0.0522 e. The first-order valence-electron chi connectivity index (χ1n) is 13.7. The number of allylic oxidation sites excluding steroid dienone is 1. The lowest BCUT2D eigenvalue weighted by Gasteiger charge is -2.41. The second-order valence-corrected chi connectivity index (χ2v) is 19.3. The van der Waals surface area contributed by atoms with E-state index in [0.717, 1.165) is 58.1 Å². The maximum absolute atomic E-state index is 2.82. The minimum absolute atomic E-state index is 0.926. The third-order valence-corrected chi connectivity index (χ3v) is 16.7. The Bertz CT molecular complexity index is 653. The minimum atomic E-state index is -1.25. The highest BCUT2D eigenvalue weighted by molar-refractivity contribution is 8.03. The summed E-state index contributed by atoms with van der Waals surface area (Å²) in [5.41, 5.74) is 2.98. The van der Waals surface area contributed by atoms with Crippen LogP contribution in [0.3, 0.4) is 0 Å². The van der Waals surface area contributed by atoms with Crippen LogP contribution in [0.2, 0.25) is 24.7 Å². The molecule has 0 bridgehead atoms. The van der Waals surface area contributed by atoms with Crippen molar-refractivity contribution in [3.05, 3.63) is 11.0 Å². The first kappa shape index (κ1) is 22.1. The van der Waals surface area contributed by atoms with Gasteiger partial charge in [0.15, 0.2) is 0 Å². The molecular weight excluding hydrogens is 396 g/mol. The van der Waals surface area contributed by atoms with Gasteiger partial charge in [0, 0.05) is 5.25 Å². The molecule has 10 atom stereocenters. The monoisotopic (exact) mass is 444 g/mol. The molecule has 2 heteroatoms. The van der Waals surface area contributed by atoms with E-state index in [1.165, 1.54) is 44.9 Å². The fourth-order valence-electron chi connectivity index (χ4n) is 9.66. The molecule has 5 rings (SSSR count). The molecule has 30 heavy (non-hydrogen) atoms. The predicted octanol–water partition coefficient (Wildman–Crippen LogP) is 9.01. The van der Waals surface area contributed by atoms with Crippen molar-refractivity contribution >= 4 is 19.8 Å². The van der Waals surface area contributed by atoms with Crippen LogP contribution in [0.1, 0.15) is 85.0 Å². The van der Waals surface area contributed by atoms with Crippen LogP contribution in [0.5, 0.6) is 0 Å². The van der Waals surface area contributed by atoms with Crippen LogP contribution >= 0.6 is 11.8 Å². The molecule has 0 radical (unpaired) electrons. The van der Waals surface area contributed by atoms with Crippen molar-refractivity contribution in [3.8, 4) is 0 Å². The lowest BCUT2D eigenvalue weighted by atomic mass is 9.73. The molecule has 0 nitrogen and oxygen atoms in total. The normalized spacial score (nSPS) is 49.0. The first-order valence-corrected chi connectivity index (χ1v) is 17.9. The number of hydrogen-bond donors (Lipinski definition) is 0. The fraction of sp³-hybridized carbons (Fsp3) is 0.929. The summed E-state index contributed by atoms with van der Waals surface area (Å²) in [5, 5.41) is 3.66. The molecule has 1 heterocycles. The summed E-state index contributed by atoms with van der Waals surface area (Å²) in [7, 11) is -1.25. The summed E-state index contributed by atoms with van der Waals surface area (Å²) < 4.78 is 0. The van der Waals surface area contributed by atoms with Gasteiger partial charge >= 0.3 is 0 Å². The highest BCUT2D eigenvalue weighted by Gasteiger charge is 2.55. The topological polar surface area (TPSA) is 0 Å². The number of fused-ring (bicyclic) bond motifs is 2. The Morgan fingerprint density at radius 3 is 2.37 bits per heavy atom. The molecular formula is C28H48SSi. The van der Waals surface area contributed by atoms with Gasteiger partial charge in [-0.1, -0.05) is 84.0 Å². The SMILES string of the molecule is CC1CCCCC1C1=CSC2C1CC(C)C2[Si](C)(C)CC1C(C)CC2CCCCC21. The van der Waals surface area contributed by atoms with E-state index in [9.17, 15) is 0 Å². The molecule has 4 fully saturated rings. The number of rotatable bonds is 4. The average molecular weight is 445 g/mol. The Kier molecular flexibility index (Phi) is 6.33. The molecule has 0 aromatic rings. The van der Waals surface area contributed by atoms with E-state index in [4.69, 9.17) is 0 Å². The summed E-state index contributed by atoms with van der Waals surface area (Å²) in [6.45, 7) is 13.5. The zero-order valence-corrected chi connectivity index (χ0v) is 22.4. The summed E-state index contributed by atoms with van der Waals surface area (Å²) in [5.74, 6) is 8.04. The van der Waals surface area contributed by atoms with Crippen molar-refractivity contribution in [2.45, 2.75) is 115 Å². The molecule has 0 spiro atoms.